The van der Waals surface area contributed by atoms with Gasteiger partial charge in [0.05, 0.1) is 11.6 Å². The molecule has 1 saturated heterocycles. The van der Waals surface area contributed by atoms with Crippen molar-refractivity contribution >= 4 is 17.8 Å². The lowest BCUT2D eigenvalue weighted by atomic mass is 9.77. The maximum atomic E-state index is 13.8. The number of ketones is 1. The van der Waals surface area contributed by atoms with E-state index in [0.717, 1.165) is 12.1 Å². The first kappa shape index (κ1) is 20.3. The van der Waals surface area contributed by atoms with Crippen LogP contribution < -0.4 is 10.6 Å². The van der Waals surface area contributed by atoms with E-state index in [9.17, 15) is 32.7 Å². The molecule has 2 amide bonds. The first-order valence-electron chi connectivity index (χ1n) is 8.35. The molecule has 1 heterocycles. The summed E-state index contributed by atoms with van der Waals surface area (Å²) in [5.41, 5.74) is -4.03. The number of nitrogens with one attached hydrogen (secondary N) is 2. The molecule has 0 unspecified atom stereocenters. The molecule has 3 atom stereocenters. The van der Waals surface area contributed by atoms with E-state index in [1.165, 1.54) is 41.7 Å². The molecule has 0 aromatic heterocycles. The summed E-state index contributed by atoms with van der Waals surface area (Å²) in [7, 11) is 0. The fourth-order valence-electron chi connectivity index (χ4n) is 3.23. The molecule has 1 aliphatic rings. The predicted octanol–water partition coefficient (Wildman–Crippen LogP) is 2.49. The standard InChI is InChI=1S/C19H15F3N2O5/c20-19(21,22)18(29)13(15(25)11-4-2-1-3-5-11)14(23-17(28)24-18)10-6-8-12(9-7-10)16(26)27/h1-9,13-14,29H,(H,26,27)(H2,23,24,28)/t13-,14-,18+/m1/s1. The lowest BCUT2D eigenvalue weighted by molar-refractivity contribution is -0.287. The average molecular weight is 408 g/mol. The van der Waals surface area contributed by atoms with Crippen molar-refractivity contribution in [2.75, 3.05) is 0 Å². The monoisotopic (exact) mass is 408 g/mol. The number of halogens is 3. The van der Waals surface area contributed by atoms with Crippen LogP contribution in [-0.4, -0.2) is 39.9 Å². The van der Waals surface area contributed by atoms with E-state index in [-0.39, 0.29) is 16.7 Å². The summed E-state index contributed by atoms with van der Waals surface area (Å²) in [5.74, 6) is -4.47. The molecule has 10 heteroatoms. The van der Waals surface area contributed by atoms with Crippen LogP contribution >= 0.6 is 0 Å². The third-order valence-electron chi connectivity index (χ3n) is 4.66. The fraction of sp³-hybridized carbons (Fsp3) is 0.211. The summed E-state index contributed by atoms with van der Waals surface area (Å²) in [6.07, 6.45) is -5.36. The number of Topliss-reactive ketones (excluding diaryl/α,β-unsaturated/α-hetero) is 1. The highest BCUT2D eigenvalue weighted by Gasteiger charge is 2.66. The van der Waals surface area contributed by atoms with Crippen LogP contribution in [0, 0.1) is 5.92 Å². The van der Waals surface area contributed by atoms with Crippen molar-refractivity contribution in [3.05, 3.63) is 71.3 Å². The third-order valence-corrected chi connectivity index (χ3v) is 4.66. The van der Waals surface area contributed by atoms with Gasteiger partial charge in [0.15, 0.2) is 5.78 Å². The summed E-state index contributed by atoms with van der Waals surface area (Å²) < 4.78 is 41.3. The first-order chi connectivity index (χ1) is 13.5. The number of carbonyl (C=O) groups is 3. The summed E-state index contributed by atoms with van der Waals surface area (Å²) in [5, 5.41) is 23.1. The second-order valence-electron chi connectivity index (χ2n) is 6.48. The van der Waals surface area contributed by atoms with Crippen molar-refractivity contribution in [2.45, 2.75) is 17.9 Å². The number of carbonyl (C=O) groups excluding carboxylic acids is 2. The number of hydrogen-bond donors (Lipinski definition) is 4. The highest BCUT2D eigenvalue weighted by atomic mass is 19.4. The predicted molar refractivity (Wildman–Crippen MR) is 93.1 cm³/mol. The van der Waals surface area contributed by atoms with Gasteiger partial charge in [0, 0.05) is 5.56 Å². The van der Waals surface area contributed by atoms with Crippen LogP contribution in [0.1, 0.15) is 32.3 Å². The molecule has 1 fully saturated rings. The molecule has 0 bridgehead atoms. The lowest BCUT2D eigenvalue weighted by Crippen LogP contribution is -2.72. The smallest absolute Gasteiger partial charge is 0.437 e. The van der Waals surface area contributed by atoms with Crippen molar-refractivity contribution in [3.8, 4) is 0 Å². The maximum absolute atomic E-state index is 13.8. The summed E-state index contributed by atoms with van der Waals surface area (Å²) >= 11 is 0. The zero-order valence-corrected chi connectivity index (χ0v) is 14.6. The van der Waals surface area contributed by atoms with E-state index in [1.807, 2.05) is 0 Å². The molecule has 0 radical (unpaired) electrons. The van der Waals surface area contributed by atoms with Crippen LogP contribution in [0.25, 0.3) is 0 Å². The number of carboxylic acids is 1. The number of alkyl halides is 3. The van der Waals surface area contributed by atoms with Gasteiger partial charge in [-0.05, 0) is 17.7 Å². The Morgan fingerprint density at radius 3 is 2.07 bits per heavy atom. The number of aromatic carboxylic acids is 1. The number of rotatable bonds is 4. The van der Waals surface area contributed by atoms with Gasteiger partial charge < -0.3 is 20.8 Å². The molecule has 29 heavy (non-hydrogen) atoms. The summed E-state index contributed by atoms with van der Waals surface area (Å²) in [6.45, 7) is 0. The van der Waals surface area contributed by atoms with Crippen molar-refractivity contribution in [1.82, 2.24) is 10.6 Å². The van der Waals surface area contributed by atoms with Gasteiger partial charge in [0.25, 0.3) is 0 Å². The molecule has 4 N–H and O–H groups in total. The van der Waals surface area contributed by atoms with Crippen LogP contribution in [0.5, 0.6) is 0 Å². The second-order valence-corrected chi connectivity index (χ2v) is 6.48. The van der Waals surface area contributed by atoms with Crippen molar-refractivity contribution < 1.29 is 37.8 Å². The Kier molecular flexibility index (Phi) is 5.05. The zero-order valence-electron chi connectivity index (χ0n) is 14.6. The van der Waals surface area contributed by atoms with E-state index in [0.29, 0.717) is 0 Å². The largest absolute Gasteiger partial charge is 0.478 e. The van der Waals surface area contributed by atoms with E-state index in [4.69, 9.17) is 5.11 Å². The molecule has 2 aromatic rings. The van der Waals surface area contributed by atoms with Gasteiger partial charge in [-0.15, -0.1) is 0 Å². The van der Waals surface area contributed by atoms with E-state index >= 15 is 0 Å². The third kappa shape index (κ3) is 3.66. The van der Waals surface area contributed by atoms with Crippen LogP contribution in [0.2, 0.25) is 0 Å². The van der Waals surface area contributed by atoms with E-state index in [1.54, 1.807) is 6.07 Å². The van der Waals surface area contributed by atoms with Crippen LogP contribution in [0.3, 0.4) is 0 Å². The summed E-state index contributed by atoms with van der Waals surface area (Å²) in [4.78, 5) is 35.9. The van der Waals surface area contributed by atoms with Gasteiger partial charge in [-0.3, -0.25) is 4.79 Å². The quantitative estimate of drug-likeness (QED) is 0.580. The molecule has 0 aliphatic carbocycles. The van der Waals surface area contributed by atoms with E-state index in [2.05, 4.69) is 5.32 Å². The van der Waals surface area contributed by atoms with Crippen LogP contribution in [-0.2, 0) is 0 Å². The molecular weight excluding hydrogens is 393 g/mol. The number of hydrogen-bond acceptors (Lipinski definition) is 4. The lowest BCUT2D eigenvalue weighted by Gasteiger charge is -2.45. The van der Waals surface area contributed by atoms with Crippen molar-refractivity contribution in [2.24, 2.45) is 5.92 Å². The Morgan fingerprint density at radius 2 is 1.55 bits per heavy atom. The molecule has 1 aliphatic heterocycles. The number of benzene rings is 2. The van der Waals surface area contributed by atoms with Crippen LogP contribution in [0.4, 0.5) is 18.0 Å². The Morgan fingerprint density at radius 1 is 0.966 bits per heavy atom. The Balaban J connectivity index is 2.14. The second kappa shape index (κ2) is 7.21. The maximum Gasteiger partial charge on any atom is 0.437 e. The highest BCUT2D eigenvalue weighted by molar-refractivity contribution is 6.00. The van der Waals surface area contributed by atoms with Gasteiger partial charge in [-0.25, -0.2) is 9.59 Å². The van der Waals surface area contributed by atoms with Gasteiger partial charge in [0.1, 0.15) is 5.92 Å². The van der Waals surface area contributed by atoms with Crippen molar-refractivity contribution in [1.29, 1.82) is 0 Å². The van der Waals surface area contributed by atoms with E-state index < -0.39 is 41.6 Å². The molecule has 0 spiro atoms. The number of amides is 2. The molecular formula is C19H15F3N2O5. The number of carboxylic acid groups (broad SMARTS) is 1. The van der Waals surface area contributed by atoms with Gasteiger partial charge in [-0.1, -0.05) is 42.5 Å². The zero-order chi connectivity index (χ0) is 21.4. The Bertz CT molecular complexity index is 947. The SMILES string of the molecule is O=C1N[C@H](c2ccc(C(=O)O)cc2)[C@H](C(=O)c2ccccc2)[C@](O)(C(F)(F)F)N1. The van der Waals surface area contributed by atoms with Gasteiger partial charge >= 0.3 is 18.2 Å². The molecule has 152 valence electrons. The van der Waals surface area contributed by atoms with Gasteiger partial charge in [-0.2, -0.15) is 13.2 Å². The normalized spacial score (nSPS) is 24.3. The number of urea groups is 1. The molecule has 2 aromatic carbocycles. The van der Waals surface area contributed by atoms with Crippen LogP contribution in [0.15, 0.2) is 54.6 Å². The summed E-state index contributed by atoms with van der Waals surface area (Å²) in [6, 6.07) is 8.78. The minimum Gasteiger partial charge on any atom is -0.478 e. The molecule has 3 rings (SSSR count). The van der Waals surface area contributed by atoms with Crippen molar-refractivity contribution in [3.63, 3.8) is 0 Å². The highest BCUT2D eigenvalue weighted by Crippen LogP contribution is 2.43. The van der Waals surface area contributed by atoms with Gasteiger partial charge in [0.2, 0.25) is 5.72 Å². The minimum atomic E-state index is -5.36. The molecule has 7 nitrogen and oxygen atoms in total. The first-order valence-corrected chi connectivity index (χ1v) is 8.35. The fourth-order valence-corrected chi connectivity index (χ4v) is 3.23. The Labute approximate surface area is 162 Å². The Hall–Kier alpha value is -3.40. The average Bonchev–Trinajstić information content (AvgIpc) is 2.67. The molecule has 0 saturated carbocycles. The number of aliphatic hydroxyl groups is 1. The minimum absolute atomic E-state index is 0.0295. The topological polar surface area (TPSA) is 116 Å².